The number of fused-ring (bicyclic) bond motifs is 1. The molecule has 112 valence electrons. The van der Waals surface area contributed by atoms with Crippen molar-refractivity contribution in [3.63, 3.8) is 0 Å². The van der Waals surface area contributed by atoms with Gasteiger partial charge in [0, 0.05) is 37.3 Å². The summed E-state index contributed by atoms with van der Waals surface area (Å²) in [6.45, 7) is 7.58. The zero-order valence-electron chi connectivity index (χ0n) is 12.4. The van der Waals surface area contributed by atoms with Crippen molar-refractivity contribution < 1.29 is 4.79 Å². The Morgan fingerprint density at radius 1 is 1.33 bits per heavy atom. The highest BCUT2D eigenvalue weighted by atomic mass is 16.2. The number of rotatable bonds is 3. The van der Waals surface area contributed by atoms with Gasteiger partial charge in [0.25, 0.3) is 0 Å². The van der Waals surface area contributed by atoms with Crippen molar-refractivity contribution in [1.29, 1.82) is 0 Å². The third-order valence-electron chi connectivity index (χ3n) is 4.16. The first-order valence-electron chi connectivity index (χ1n) is 7.28. The zero-order valence-corrected chi connectivity index (χ0v) is 12.4. The van der Waals surface area contributed by atoms with Crippen LogP contribution in [0.2, 0.25) is 0 Å². The Kier molecular flexibility index (Phi) is 3.65. The van der Waals surface area contributed by atoms with E-state index < -0.39 is 5.54 Å². The van der Waals surface area contributed by atoms with Crippen LogP contribution in [0.1, 0.15) is 13.8 Å². The maximum absolute atomic E-state index is 12.6. The summed E-state index contributed by atoms with van der Waals surface area (Å²) in [5.41, 5.74) is 1.19. The number of amides is 1. The second-order valence-electron chi connectivity index (χ2n) is 5.92. The molecule has 0 spiro atoms. The van der Waals surface area contributed by atoms with Gasteiger partial charge in [-0.1, -0.05) is 0 Å². The fourth-order valence-electron chi connectivity index (χ4n) is 2.67. The minimum atomic E-state index is -0.523. The molecule has 1 aromatic heterocycles. The molecule has 2 aromatic rings. The average molecular weight is 287 g/mol. The van der Waals surface area contributed by atoms with E-state index in [4.69, 9.17) is 0 Å². The van der Waals surface area contributed by atoms with Gasteiger partial charge in [-0.25, -0.2) is 0 Å². The van der Waals surface area contributed by atoms with Crippen LogP contribution in [0.25, 0.3) is 10.9 Å². The Bertz CT molecular complexity index is 642. The maximum atomic E-state index is 12.6. The van der Waals surface area contributed by atoms with Gasteiger partial charge in [0.15, 0.2) is 0 Å². The Morgan fingerprint density at radius 3 is 2.86 bits per heavy atom. The number of anilines is 1. The number of carbonyl (C=O) groups excluding carboxylic acids is 1. The number of aromatic nitrogens is 2. The molecule has 6 heteroatoms. The van der Waals surface area contributed by atoms with Crippen molar-refractivity contribution in [2.24, 2.45) is 0 Å². The zero-order chi connectivity index (χ0) is 14.9. The second kappa shape index (κ2) is 5.46. The Labute approximate surface area is 123 Å². The molecule has 0 bridgehead atoms. The van der Waals surface area contributed by atoms with Crippen LogP contribution in [-0.2, 0) is 4.79 Å². The van der Waals surface area contributed by atoms with Crippen molar-refractivity contribution in [3.05, 3.63) is 24.4 Å². The number of aromatic amines is 1. The number of carbonyl (C=O) groups is 1. The number of piperazine rings is 1. The van der Waals surface area contributed by atoms with E-state index in [2.05, 4.69) is 25.7 Å². The predicted molar refractivity (Wildman–Crippen MR) is 83.2 cm³/mol. The Balaban J connectivity index is 1.74. The van der Waals surface area contributed by atoms with E-state index in [9.17, 15) is 4.79 Å². The van der Waals surface area contributed by atoms with Gasteiger partial charge in [-0.3, -0.25) is 14.8 Å². The van der Waals surface area contributed by atoms with Crippen molar-refractivity contribution >= 4 is 22.5 Å². The van der Waals surface area contributed by atoms with Crippen LogP contribution in [0.3, 0.4) is 0 Å². The maximum Gasteiger partial charge on any atom is 0.244 e. The summed E-state index contributed by atoms with van der Waals surface area (Å²) in [6, 6.07) is 5.77. The molecular formula is C15H21N5O. The molecule has 0 radical (unpaired) electrons. The van der Waals surface area contributed by atoms with E-state index in [-0.39, 0.29) is 5.91 Å². The molecule has 2 heterocycles. The Hall–Kier alpha value is -1.92. The molecule has 0 unspecified atom stereocenters. The third kappa shape index (κ3) is 2.77. The van der Waals surface area contributed by atoms with E-state index in [1.54, 1.807) is 6.20 Å². The molecule has 3 N–H and O–H groups in total. The number of hydrogen-bond acceptors (Lipinski definition) is 4. The summed E-state index contributed by atoms with van der Waals surface area (Å²) in [6.07, 6.45) is 1.77. The van der Waals surface area contributed by atoms with E-state index in [1.807, 2.05) is 32.0 Å². The molecule has 0 saturated carbocycles. The van der Waals surface area contributed by atoms with Crippen molar-refractivity contribution in [2.45, 2.75) is 19.4 Å². The normalized spacial score (nSPS) is 17.0. The highest BCUT2D eigenvalue weighted by Crippen LogP contribution is 2.21. The van der Waals surface area contributed by atoms with Gasteiger partial charge < -0.3 is 10.6 Å². The van der Waals surface area contributed by atoms with Crippen LogP contribution in [-0.4, -0.2) is 52.7 Å². The summed E-state index contributed by atoms with van der Waals surface area (Å²) in [4.78, 5) is 14.8. The molecule has 1 fully saturated rings. The molecular weight excluding hydrogens is 266 g/mol. The SMILES string of the molecule is CC(C)(C(=O)Nc1ccc2cn[nH]c2c1)N1CCNCC1. The van der Waals surface area contributed by atoms with Gasteiger partial charge in [-0.2, -0.15) is 5.10 Å². The monoisotopic (exact) mass is 287 g/mol. The van der Waals surface area contributed by atoms with Crippen LogP contribution >= 0.6 is 0 Å². The molecule has 3 rings (SSSR count). The average Bonchev–Trinajstić information content (AvgIpc) is 2.95. The summed E-state index contributed by atoms with van der Waals surface area (Å²) in [5, 5.41) is 14.3. The summed E-state index contributed by atoms with van der Waals surface area (Å²) in [5.74, 6) is 0.0169. The molecule has 6 nitrogen and oxygen atoms in total. The van der Waals surface area contributed by atoms with Gasteiger partial charge in [0.1, 0.15) is 0 Å². The Morgan fingerprint density at radius 2 is 2.10 bits per heavy atom. The van der Waals surface area contributed by atoms with Crippen LogP contribution in [0.4, 0.5) is 5.69 Å². The first-order chi connectivity index (χ1) is 10.1. The lowest BCUT2D eigenvalue weighted by atomic mass is 10.00. The third-order valence-corrected chi connectivity index (χ3v) is 4.16. The molecule has 21 heavy (non-hydrogen) atoms. The van der Waals surface area contributed by atoms with Crippen LogP contribution in [0, 0.1) is 0 Å². The molecule has 1 aliphatic heterocycles. The first kappa shape index (κ1) is 14.0. The standard InChI is InChI=1S/C15H21N5O/c1-15(2,20-7-5-16-6-8-20)14(21)18-12-4-3-11-10-17-19-13(11)9-12/h3-4,9-10,16H,5-8H2,1-2H3,(H,17,19)(H,18,21). The van der Waals surface area contributed by atoms with E-state index in [0.717, 1.165) is 42.8 Å². The van der Waals surface area contributed by atoms with Crippen LogP contribution in [0.5, 0.6) is 0 Å². The second-order valence-corrected chi connectivity index (χ2v) is 5.92. The van der Waals surface area contributed by atoms with E-state index in [1.165, 1.54) is 0 Å². The lowest BCUT2D eigenvalue weighted by Crippen LogP contribution is -2.58. The number of H-pyrrole nitrogens is 1. The molecule has 1 saturated heterocycles. The number of nitrogens with one attached hydrogen (secondary N) is 3. The van der Waals surface area contributed by atoms with Gasteiger partial charge in [-0.15, -0.1) is 0 Å². The number of benzene rings is 1. The van der Waals surface area contributed by atoms with Gasteiger partial charge >= 0.3 is 0 Å². The lowest BCUT2D eigenvalue weighted by molar-refractivity contribution is -0.126. The van der Waals surface area contributed by atoms with Crippen molar-refractivity contribution in [1.82, 2.24) is 20.4 Å². The minimum Gasteiger partial charge on any atom is -0.324 e. The molecule has 0 atom stereocenters. The highest BCUT2D eigenvalue weighted by molar-refractivity contribution is 5.98. The first-order valence-corrected chi connectivity index (χ1v) is 7.28. The fraction of sp³-hybridized carbons (Fsp3) is 0.467. The van der Waals surface area contributed by atoms with E-state index >= 15 is 0 Å². The van der Waals surface area contributed by atoms with Crippen LogP contribution in [0.15, 0.2) is 24.4 Å². The van der Waals surface area contributed by atoms with Gasteiger partial charge in [0.2, 0.25) is 5.91 Å². The number of hydrogen-bond donors (Lipinski definition) is 3. The number of nitrogens with zero attached hydrogens (tertiary/aromatic N) is 2. The van der Waals surface area contributed by atoms with Crippen molar-refractivity contribution in [3.8, 4) is 0 Å². The summed E-state index contributed by atoms with van der Waals surface area (Å²) < 4.78 is 0. The fourth-order valence-corrected chi connectivity index (χ4v) is 2.67. The van der Waals surface area contributed by atoms with Crippen LogP contribution < -0.4 is 10.6 Å². The largest absolute Gasteiger partial charge is 0.324 e. The summed E-state index contributed by atoms with van der Waals surface area (Å²) in [7, 11) is 0. The quantitative estimate of drug-likeness (QED) is 0.793. The topological polar surface area (TPSA) is 73.0 Å². The molecule has 1 aromatic carbocycles. The lowest BCUT2D eigenvalue weighted by Gasteiger charge is -2.39. The van der Waals surface area contributed by atoms with E-state index in [0.29, 0.717) is 0 Å². The molecule has 1 amide bonds. The minimum absolute atomic E-state index is 0.0169. The summed E-state index contributed by atoms with van der Waals surface area (Å²) >= 11 is 0. The van der Waals surface area contributed by atoms with Crippen molar-refractivity contribution in [2.75, 3.05) is 31.5 Å². The molecule has 0 aliphatic carbocycles. The highest BCUT2D eigenvalue weighted by Gasteiger charge is 2.35. The molecule has 1 aliphatic rings. The predicted octanol–water partition coefficient (Wildman–Crippen LogP) is 1.19. The van der Waals surface area contributed by atoms with Gasteiger partial charge in [0.05, 0.1) is 17.3 Å². The van der Waals surface area contributed by atoms with Gasteiger partial charge in [-0.05, 0) is 32.0 Å². The smallest absolute Gasteiger partial charge is 0.244 e.